The van der Waals surface area contributed by atoms with Crippen molar-refractivity contribution in [3.05, 3.63) is 53.6 Å². The van der Waals surface area contributed by atoms with E-state index in [1.165, 1.54) is 16.8 Å². The molecule has 0 atom stereocenters. The lowest BCUT2D eigenvalue weighted by Gasteiger charge is -2.38. The summed E-state index contributed by atoms with van der Waals surface area (Å²) < 4.78 is 0. The largest absolute Gasteiger partial charge is 0.378 e. The Morgan fingerprint density at radius 3 is 2.00 bits per heavy atom. The molecule has 5 heteroatoms. The lowest BCUT2D eigenvalue weighted by atomic mass is 10.0. The molecular weight excluding hydrogens is 348 g/mol. The quantitative estimate of drug-likeness (QED) is 0.844. The molecule has 5 nitrogen and oxygen atoms in total. The van der Waals surface area contributed by atoms with Crippen molar-refractivity contribution in [1.29, 1.82) is 0 Å². The highest BCUT2D eigenvalue weighted by Crippen LogP contribution is 2.28. The van der Waals surface area contributed by atoms with Crippen LogP contribution in [0.5, 0.6) is 0 Å². The van der Waals surface area contributed by atoms with E-state index in [9.17, 15) is 4.79 Å². The van der Waals surface area contributed by atoms with E-state index in [2.05, 4.69) is 42.3 Å². The third-order valence-electron chi connectivity index (χ3n) is 5.48. The maximum atomic E-state index is 12.7. The van der Waals surface area contributed by atoms with E-state index in [1.54, 1.807) is 0 Å². The molecule has 1 heterocycles. The summed E-state index contributed by atoms with van der Waals surface area (Å²) in [6.45, 7) is 7.65. The number of nitrogens with zero attached hydrogens (tertiary/aromatic N) is 3. The van der Waals surface area contributed by atoms with Gasteiger partial charge in [-0.3, -0.25) is 0 Å². The van der Waals surface area contributed by atoms with Gasteiger partial charge in [0.1, 0.15) is 0 Å². The minimum Gasteiger partial charge on any atom is -0.378 e. The monoisotopic (exact) mass is 380 g/mol. The average molecular weight is 381 g/mol. The van der Waals surface area contributed by atoms with Crippen molar-refractivity contribution in [2.24, 2.45) is 0 Å². The number of urea groups is 1. The summed E-state index contributed by atoms with van der Waals surface area (Å²) in [4.78, 5) is 19.1. The number of para-hydroxylation sites is 1. The first kappa shape index (κ1) is 20.1. The second-order valence-electron chi connectivity index (χ2n) is 7.48. The Balaban J connectivity index is 1.62. The van der Waals surface area contributed by atoms with E-state index in [0.29, 0.717) is 0 Å². The van der Waals surface area contributed by atoms with Crippen LogP contribution in [0.15, 0.2) is 42.5 Å². The van der Waals surface area contributed by atoms with Crippen molar-refractivity contribution in [2.45, 2.75) is 26.7 Å². The number of rotatable bonds is 5. The molecule has 0 aromatic heterocycles. The van der Waals surface area contributed by atoms with Gasteiger partial charge in [-0.25, -0.2) is 4.79 Å². The highest BCUT2D eigenvalue weighted by molar-refractivity contribution is 5.89. The van der Waals surface area contributed by atoms with Crippen LogP contribution in [0.1, 0.15) is 25.0 Å². The fourth-order valence-corrected chi connectivity index (χ4v) is 3.80. The number of hydrogen-bond acceptors (Lipinski definition) is 3. The maximum absolute atomic E-state index is 12.7. The fraction of sp³-hybridized carbons (Fsp3) is 0.435. The number of piperazine rings is 1. The van der Waals surface area contributed by atoms with Crippen molar-refractivity contribution in [3.63, 3.8) is 0 Å². The van der Waals surface area contributed by atoms with Gasteiger partial charge in [0.2, 0.25) is 0 Å². The van der Waals surface area contributed by atoms with Crippen LogP contribution in [-0.2, 0) is 12.8 Å². The smallest absolute Gasteiger partial charge is 0.321 e. The van der Waals surface area contributed by atoms with E-state index in [0.717, 1.165) is 50.4 Å². The van der Waals surface area contributed by atoms with E-state index >= 15 is 0 Å². The zero-order valence-electron chi connectivity index (χ0n) is 17.5. The molecule has 0 saturated carbocycles. The van der Waals surface area contributed by atoms with Gasteiger partial charge in [-0.2, -0.15) is 0 Å². The third kappa shape index (κ3) is 4.41. The van der Waals surface area contributed by atoms with Crippen LogP contribution < -0.4 is 15.1 Å². The Hall–Kier alpha value is -2.69. The Labute approximate surface area is 168 Å². The van der Waals surface area contributed by atoms with E-state index in [4.69, 9.17) is 0 Å². The Morgan fingerprint density at radius 2 is 1.50 bits per heavy atom. The van der Waals surface area contributed by atoms with Gasteiger partial charge in [0.15, 0.2) is 0 Å². The van der Waals surface area contributed by atoms with Gasteiger partial charge in [0.05, 0.1) is 0 Å². The van der Waals surface area contributed by atoms with Crippen molar-refractivity contribution in [3.8, 4) is 0 Å². The van der Waals surface area contributed by atoms with Crippen LogP contribution in [0.3, 0.4) is 0 Å². The van der Waals surface area contributed by atoms with Crippen LogP contribution in [-0.4, -0.2) is 51.2 Å². The molecule has 1 aliphatic rings. The van der Waals surface area contributed by atoms with Gasteiger partial charge in [0.25, 0.3) is 0 Å². The summed E-state index contributed by atoms with van der Waals surface area (Å²) in [7, 11) is 4.02. The highest BCUT2D eigenvalue weighted by Gasteiger charge is 2.23. The minimum atomic E-state index is -0.0169. The number of anilines is 3. The predicted octanol–water partition coefficient (Wildman–Crippen LogP) is 4.23. The van der Waals surface area contributed by atoms with Crippen molar-refractivity contribution in [1.82, 2.24) is 4.90 Å². The molecule has 28 heavy (non-hydrogen) atoms. The van der Waals surface area contributed by atoms with Crippen LogP contribution in [0.2, 0.25) is 0 Å². The summed E-state index contributed by atoms with van der Waals surface area (Å²) in [5.41, 5.74) is 6.14. The third-order valence-corrected chi connectivity index (χ3v) is 5.48. The molecule has 150 valence electrons. The number of amides is 2. The summed E-state index contributed by atoms with van der Waals surface area (Å²) in [5.74, 6) is 0. The standard InChI is InChI=1S/C23H32N4O/c1-5-18-8-7-9-19(6-2)22(18)26-14-16-27(17-15-26)23(28)24-20-10-12-21(13-11-20)25(3)4/h7-13H,5-6,14-17H2,1-4H3,(H,24,28). The highest BCUT2D eigenvalue weighted by atomic mass is 16.2. The van der Waals surface area contributed by atoms with E-state index in [-0.39, 0.29) is 6.03 Å². The van der Waals surface area contributed by atoms with Crippen LogP contribution >= 0.6 is 0 Å². The fourth-order valence-electron chi connectivity index (χ4n) is 3.80. The van der Waals surface area contributed by atoms with E-state index in [1.807, 2.05) is 48.2 Å². The lowest BCUT2D eigenvalue weighted by Crippen LogP contribution is -2.50. The topological polar surface area (TPSA) is 38.8 Å². The molecular formula is C23H32N4O. The molecule has 3 rings (SSSR count). The van der Waals surface area contributed by atoms with Gasteiger partial charge in [-0.1, -0.05) is 32.0 Å². The summed E-state index contributed by atoms with van der Waals surface area (Å²) in [6, 6.07) is 14.5. The molecule has 2 aromatic rings. The van der Waals surface area contributed by atoms with Gasteiger partial charge in [-0.05, 0) is 48.2 Å². The Bertz CT molecular complexity index is 770. The maximum Gasteiger partial charge on any atom is 0.321 e. The number of hydrogen-bond donors (Lipinski definition) is 1. The first-order valence-electron chi connectivity index (χ1n) is 10.2. The average Bonchev–Trinajstić information content (AvgIpc) is 2.73. The van der Waals surface area contributed by atoms with Crippen molar-refractivity contribution < 1.29 is 4.79 Å². The van der Waals surface area contributed by atoms with Gasteiger partial charge in [-0.15, -0.1) is 0 Å². The molecule has 1 N–H and O–H groups in total. The molecule has 1 fully saturated rings. The van der Waals surface area contributed by atoms with Crippen LogP contribution in [0, 0.1) is 0 Å². The zero-order valence-corrected chi connectivity index (χ0v) is 17.5. The Morgan fingerprint density at radius 1 is 0.929 bits per heavy atom. The minimum absolute atomic E-state index is 0.0169. The first-order chi connectivity index (χ1) is 13.5. The molecule has 0 spiro atoms. The second kappa shape index (κ2) is 9.00. The SMILES string of the molecule is CCc1cccc(CC)c1N1CCN(C(=O)Nc2ccc(N(C)C)cc2)CC1. The molecule has 0 bridgehead atoms. The van der Waals surface area contributed by atoms with Gasteiger partial charge in [0, 0.05) is 57.3 Å². The molecule has 1 saturated heterocycles. The second-order valence-corrected chi connectivity index (χ2v) is 7.48. The van der Waals surface area contributed by atoms with Crippen LogP contribution in [0.4, 0.5) is 21.9 Å². The van der Waals surface area contributed by atoms with E-state index < -0.39 is 0 Å². The predicted molar refractivity (Wildman–Crippen MR) is 119 cm³/mol. The number of carbonyl (C=O) groups excluding carboxylic acids is 1. The number of benzene rings is 2. The molecule has 2 amide bonds. The summed E-state index contributed by atoms with van der Waals surface area (Å²) >= 11 is 0. The normalized spacial score (nSPS) is 14.1. The van der Waals surface area contributed by atoms with Crippen molar-refractivity contribution in [2.75, 3.05) is 55.4 Å². The molecule has 2 aromatic carbocycles. The van der Waals surface area contributed by atoms with Gasteiger partial charge < -0.3 is 20.0 Å². The first-order valence-corrected chi connectivity index (χ1v) is 10.2. The molecule has 0 aliphatic carbocycles. The zero-order chi connectivity index (χ0) is 20.1. The molecule has 0 unspecified atom stereocenters. The number of carbonyl (C=O) groups is 1. The summed E-state index contributed by atoms with van der Waals surface area (Å²) in [5, 5.41) is 3.03. The van der Waals surface area contributed by atoms with Crippen molar-refractivity contribution >= 4 is 23.1 Å². The summed E-state index contributed by atoms with van der Waals surface area (Å²) in [6.07, 6.45) is 2.07. The number of nitrogens with one attached hydrogen (secondary N) is 1. The molecule has 1 aliphatic heterocycles. The number of aryl methyl sites for hydroxylation is 2. The lowest BCUT2D eigenvalue weighted by molar-refractivity contribution is 0.208. The Kier molecular flexibility index (Phi) is 6.45. The molecule has 0 radical (unpaired) electrons. The van der Waals surface area contributed by atoms with Crippen LogP contribution in [0.25, 0.3) is 0 Å². The van der Waals surface area contributed by atoms with Gasteiger partial charge >= 0.3 is 6.03 Å².